The van der Waals surface area contributed by atoms with Crippen molar-refractivity contribution in [3.63, 3.8) is 0 Å². The average molecular weight is 467 g/mol. The number of benzene rings is 3. The van der Waals surface area contributed by atoms with Gasteiger partial charge in [0.05, 0.1) is 25.3 Å². The number of pyridine rings is 1. The van der Waals surface area contributed by atoms with Crippen molar-refractivity contribution in [1.82, 2.24) is 25.6 Å². The minimum Gasteiger partial charge on any atom is -0.496 e. The van der Waals surface area contributed by atoms with Gasteiger partial charge in [-0.15, -0.1) is 10.2 Å². The first-order valence-electron chi connectivity index (χ1n) is 10.8. The van der Waals surface area contributed by atoms with Crippen LogP contribution in [0.5, 0.6) is 17.4 Å². The molecule has 0 fully saturated rings. The second-order valence-corrected chi connectivity index (χ2v) is 7.55. The van der Waals surface area contributed by atoms with Gasteiger partial charge in [-0.3, -0.25) is 4.79 Å². The van der Waals surface area contributed by atoms with Crippen molar-refractivity contribution in [3.8, 4) is 28.8 Å². The number of aromatic amines is 1. The summed E-state index contributed by atoms with van der Waals surface area (Å²) >= 11 is 0. The lowest BCUT2D eigenvalue weighted by molar-refractivity contribution is 0.103. The summed E-state index contributed by atoms with van der Waals surface area (Å²) in [5.74, 6) is 1.06. The highest BCUT2D eigenvalue weighted by atomic mass is 16.5. The van der Waals surface area contributed by atoms with Gasteiger partial charge in [0.2, 0.25) is 17.5 Å². The van der Waals surface area contributed by atoms with E-state index in [9.17, 15) is 4.79 Å². The molecule has 0 atom stereocenters. The molecule has 0 aliphatic heterocycles. The van der Waals surface area contributed by atoms with Crippen LogP contribution < -0.4 is 14.2 Å². The van der Waals surface area contributed by atoms with Crippen LogP contribution in [0, 0.1) is 0 Å². The molecule has 0 bridgehead atoms. The number of nitrogens with one attached hydrogen (secondary N) is 1. The summed E-state index contributed by atoms with van der Waals surface area (Å²) in [5.41, 5.74) is 1.05. The van der Waals surface area contributed by atoms with Gasteiger partial charge in [0, 0.05) is 10.8 Å². The Morgan fingerprint density at radius 3 is 2.57 bits per heavy atom. The molecule has 2 aromatic heterocycles. The number of ketones is 1. The third kappa shape index (κ3) is 3.72. The molecule has 0 aliphatic rings. The van der Waals surface area contributed by atoms with Crippen LogP contribution in [0.1, 0.15) is 16.1 Å². The average Bonchev–Trinajstić information content (AvgIpc) is 3.44. The number of hydrogen-bond acceptors (Lipinski definition) is 8. The molecule has 5 aromatic rings. The van der Waals surface area contributed by atoms with Crippen molar-refractivity contribution in [2.45, 2.75) is 0 Å². The molecule has 3 aromatic carbocycles. The van der Waals surface area contributed by atoms with Crippen LogP contribution in [0.25, 0.3) is 32.9 Å². The molecule has 0 saturated carbocycles. The van der Waals surface area contributed by atoms with Crippen LogP contribution in [0.3, 0.4) is 0 Å². The smallest absolute Gasteiger partial charge is 0.225 e. The summed E-state index contributed by atoms with van der Waals surface area (Å²) in [4.78, 5) is 18.8. The lowest BCUT2D eigenvalue weighted by Gasteiger charge is -2.17. The highest BCUT2D eigenvalue weighted by Gasteiger charge is 2.28. The Balaban J connectivity index is 1.84. The minimum absolute atomic E-state index is 0.167. The number of fused-ring (bicyclic) bond motifs is 2. The first kappa shape index (κ1) is 22.0. The fraction of sp³-hybridized carbons (Fsp3) is 0.115. The monoisotopic (exact) mass is 467 g/mol. The van der Waals surface area contributed by atoms with Crippen molar-refractivity contribution in [1.29, 1.82) is 0 Å². The largest absolute Gasteiger partial charge is 0.496 e. The van der Waals surface area contributed by atoms with E-state index in [1.54, 1.807) is 37.5 Å². The second kappa shape index (κ2) is 9.22. The van der Waals surface area contributed by atoms with Crippen molar-refractivity contribution >= 4 is 27.3 Å². The maximum atomic E-state index is 14.2. The van der Waals surface area contributed by atoms with E-state index in [2.05, 4.69) is 32.2 Å². The van der Waals surface area contributed by atoms with Gasteiger partial charge in [0.25, 0.3) is 0 Å². The summed E-state index contributed by atoms with van der Waals surface area (Å²) in [6.07, 6.45) is 1.63. The van der Waals surface area contributed by atoms with Crippen molar-refractivity contribution in [2.24, 2.45) is 0 Å². The van der Waals surface area contributed by atoms with E-state index in [1.165, 1.54) is 7.11 Å². The second-order valence-electron chi connectivity index (χ2n) is 7.55. The minimum atomic E-state index is -0.322. The quantitative estimate of drug-likeness (QED) is 0.264. The van der Waals surface area contributed by atoms with Crippen LogP contribution >= 0.6 is 0 Å². The Kier molecular flexibility index (Phi) is 5.80. The molecule has 174 valence electrons. The van der Waals surface area contributed by atoms with Gasteiger partial charge in [-0.1, -0.05) is 55.1 Å². The number of rotatable bonds is 8. The molecule has 2 heterocycles. The summed E-state index contributed by atoms with van der Waals surface area (Å²) < 4.78 is 17.1. The Morgan fingerprint density at radius 1 is 1.00 bits per heavy atom. The van der Waals surface area contributed by atoms with E-state index < -0.39 is 0 Å². The molecule has 9 nitrogen and oxygen atoms in total. The standard InChI is InChI=1S/C26H21N5O4/c1-4-14-35-19-13-12-15-8-5-6-9-16(15)21(19)24(32)23-17-10-7-11-18(33-2)20(17)22(26(27-23)34-3)25-28-30-31-29-25/h4-13H,1,14H2,2-3H3,(H,28,29,30,31). The van der Waals surface area contributed by atoms with Crippen molar-refractivity contribution in [2.75, 3.05) is 20.8 Å². The van der Waals surface area contributed by atoms with Gasteiger partial charge >= 0.3 is 0 Å². The normalized spacial score (nSPS) is 10.9. The van der Waals surface area contributed by atoms with Crippen LogP contribution in [-0.4, -0.2) is 52.2 Å². The van der Waals surface area contributed by atoms with E-state index in [4.69, 9.17) is 14.2 Å². The lowest BCUT2D eigenvalue weighted by Crippen LogP contribution is -2.11. The summed E-state index contributed by atoms with van der Waals surface area (Å²) in [6, 6.07) is 16.7. The fourth-order valence-corrected chi connectivity index (χ4v) is 4.15. The molecular weight excluding hydrogens is 446 g/mol. The number of aromatic nitrogens is 5. The van der Waals surface area contributed by atoms with E-state index in [1.807, 2.05) is 30.3 Å². The molecular formula is C26H21N5O4. The van der Waals surface area contributed by atoms with Gasteiger partial charge in [-0.25, -0.2) is 4.98 Å². The van der Waals surface area contributed by atoms with E-state index in [0.717, 1.165) is 10.8 Å². The van der Waals surface area contributed by atoms with E-state index >= 15 is 0 Å². The SMILES string of the molecule is C=CCOc1ccc2ccccc2c1C(=O)c1nc(OC)c(-c2nn[nH]n2)c2c(OC)cccc12. The van der Waals surface area contributed by atoms with Gasteiger partial charge in [0.1, 0.15) is 23.8 Å². The third-order valence-electron chi connectivity index (χ3n) is 5.63. The number of carbonyl (C=O) groups excluding carboxylic acids is 1. The maximum absolute atomic E-state index is 14.2. The van der Waals surface area contributed by atoms with Gasteiger partial charge < -0.3 is 14.2 Å². The molecule has 0 spiro atoms. The molecule has 0 amide bonds. The van der Waals surface area contributed by atoms with Crippen LogP contribution in [-0.2, 0) is 0 Å². The highest BCUT2D eigenvalue weighted by molar-refractivity contribution is 6.23. The number of tetrazole rings is 1. The molecule has 0 aliphatic carbocycles. The Bertz CT molecular complexity index is 1560. The van der Waals surface area contributed by atoms with E-state index in [-0.39, 0.29) is 29.8 Å². The van der Waals surface area contributed by atoms with Crippen molar-refractivity contribution < 1.29 is 19.0 Å². The number of H-pyrrole nitrogens is 1. The van der Waals surface area contributed by atoms with Crippen molar-refractivity contribution in [3.05, 3.63) is 78.5 Å². The van der Waals surface area contributed by atoms with Gasteiger partial charge in [-0.05, 0) is 28.1 Å². The number of nitrogens with zero attached hydrogens (tertiary/aromatic N) is 4. The van der Waals surface area contributed by atoms with Crippen LogP contribution in [0.15, 0.2) is 67.3 Å². The summed E-state index contributed by atoms with van der Waals surface area (Å²) in [5, 5.41) is 17.1. The highest BCUT2D eigenvalue weighted by Crippen LogP contribution is 2.41. The predicted molar refractivity (Wildman–Crippen MR) is 131 cm³/mol. The third-order valence-corrected chi connectivity index (χ3v) is 5.63. The molecule has 0 unspecified atom stereocenters. The number of methoxy groups -OCH3 is 2. The molecule has 35 heavy (non-hydrogen) atoms. The number of carbonyl (C=O) groups is 1. The predicted octanol–water partition coefficient (Wildman–Crippen LogP) is 4.38. The first-order valence-corrected chi connectivity index (χ1v) is 10.8. The molecule has 0 radical (unpaired) electrons. The van der Waals surface area contributed by atoms with E-state index in [0.29, 0.717) is 33.4 Å². The Labute approximate surface area is 200 Å². The molecule has 9 heteroatoms. The molecule has 0 saturated heterocycles. The molecule has 1 N–H and O–H groups in total. The maximum Gasteiger partial charge on any atom is 0.225 e. The molecule has 5 rings (SSSR count). The first-order chi connectivity index (χ1) is 17.2. The van der Waals surface area contributed by atoms with Gasteiger partial charge in [-0.2, -0.15) is 5.21 Å². The van der Waals surface area contributed by atoms with Gasteiger partial charge in [0.15, 0.2) is 0 Å². The lowest BCUT2D eigenvalue weighted by atomic mass is 9.94. The fourth-order valence-electron chi connectivity index (χ4n) is 4.15. The Hall–Kier alpha value is -4.79. The summed E-state index contributed by atoms with van der Waals surface area (Å²) in [6.45, 7) is 3.97. The van der Waals surface area contributed by atoms with Crippen LogP contribution in [0.2, 0.25) is 0 Å². The zero-order chi connectivity index (χ0) is 24.4. The zero-order valence-corrected chi connectivity index (χ0v) is 19.1. The number of ether oxygens (including phenoxy) is 3. The van der Waals surface area contributed by atoms with Crippen LogP contribution in [0.4, 0.5) is 0 Å². The summed E-state index contributed by atoms with van der Waals surface area (Å²) in [7, 11) is 3.02. The zero-order valence-electron chi connectivity index (χ0n) is 19.1. The Morgan fingerprint density at radius 2 is 1.83 bits per heavy atom. The number of hydrogen-bond donors (Lipinski definition) is 1. The topological polar surface area (TPSA) is 112 Å².